The Hall–Kier alpha value is -2.45. The summed E-state index contributed by atoms with van der Waals surface area (Å²) in [7, 11) is -2.86. The summed E-state index contributed by atoms with van der Waals surface area (Å²) in [6.45, 7) is 7.62. The zero-order chi connectivity index (χ0) is 20.6. The van der Waals surface area contributed by atoms with Crippen LogP contribution in [0.15, 0.2) is 36.8 Å². The van der Waals surface area contributed by atoms with Crippen LogP contribution >= 0.6 is 0 Å². The van der Waals surface area contributed by atoms with Gasteiger partial charge in [-0.3, -0.25) is 0 Å². The quantitative estimate of drug-likeness (QED) is 0.671. The number of aromatic nitrogens is 4. The SMILES string of the molecule is Cc1ccccc1-n1nc(C)c(-c2cncn2CCN[C@H]2CCS(=O)(=O)C2)c1C. The highest BCUT2D eigenvalue weighted by molar-refractivity contribution is 7.91. The van der Waals surface area contributed by atoms with Gasteiger partial charge in [0.25, 0.3) is 0 Å². The predicted molar refractivity (Wildman–Crippen MR) is 114 cm³/mol. The summed E-state index contributed by atoms with van der Waals surface area (Å²) in [5, 5.41) is 8.16. The number of nitrogens with one attached hydrogen (secondary N) is 1. The van der Waals surface area contributed by atoms with Gasteiger partial charge in [0.2, 0.25) is 0 Å². The van der Waals surface area contributed by atoms with Crippen molar-refractivity contribution in [1.82, 2.24) is 24.6 Å². The van der Waals surface area contributed by atoms with E-state index in [0.29, 0.717) is 13.0 Å². The van der Waals surface area contributed by atoms with Gasteiger partial charge in [-0.2, -0.15) is 5.10 Å². The molecule has 7 nitrogen and oxygen atoms in total. The van der Waals surface area contributed by atoms with Gasteiger partial charge in [-0.1, -0.05) is 18.2 Å². The first-order chi connectivity index (χ1) is 13.9. The molecule has 0 spiro atoms. The van der Waals surface area contributed by atoms with E-state index >= 15 is 0 Å². The van der Waals surface area contributed by atoms with Crippen LogP contribution < -0.4 is 5.32 Å². The van der Waals surface area contributed by atoms with Crippen LogP contribution in [0.3, 0.4) is 0 Å². The summed E-state index contributed by atoms with van der Waals surface area (Å²) < 4.78 is 27.4. The van der Waals surface area contributed by atoms with E-state index < -0.39 is 9.84 Å². The second-order valence-electron chi connectivity index (χ2n) is 7.77. The van der Waals surface area contributed by atoms with Crippen LogP contribution in [0.25, 0.3) is 16.9 Å². The third-order valence-corrected chi connectivity index (χ3v) is 7.39. The number of nitrogens with zero attached hydrogens (tertiary/aromatic N) is 4. The van der Waals surface area contributed by atoms with Crippen molar-refractivity contribution in [1.29, 1.82) is 0 Å². The number of rotatable bonds is 6. The molecule has 1 aromatic carbocycles. The summed E-state index contributed by atoms with van der Waals surface area (Å²) in [4.78, 5) is 4.36. The highest BCUT2D eigenvalue weighted by atomic mass is 32.2. The fourth-order valence-corrected chi connectivity index (χ4v) is 5.81. The Labute approximate surface area is 171 Å². The minimum atomic E-state index is -2.86. The van der Waals surface area contributed by atoms with Crippen molar-refractivity contribution in [2.24, 2.45) is 0 Å². The maximum atomic E-state index is 11.6. The molecule has 154 valence electrons. The highest BCUT2D eigenvalue weighted by Crippen LogP contribution is 2.29. The van der Waals surface area contributed by atoms with E-state index in [1.807, 2.05) is 36.3 Å². The van der Waals surface area contributed by atoms with Crippen molar-refractivity contribution in [3.05, 3.63) is 53.7 Å². The minimum absolute atomic E-state index is 0.0549. The molecule has 1 aliphatic rings. The first-order valence-electron chi connectivity index (χ1n) is 9.92. The van der Waals surface area contributed by atoms with Crippen LogP contribution in [0.5, 0.6) is 0 Å². The largest absolute Gasteiger partial charge is 0.329 e. The average Bonchev–Trinajstić information content (AvgIpc) is 3.34. The summed E-state index contributed by atoms with van der Waals surface area (Å²) in [5.41, 5.74) is 6.41. The second kappa shape index (κ2) is 7.76. The maximum Gasteiger partial charge on any atom is 0.151 e. The molecule has 0 saturated carbocycles. The van der Waals surface area contributed by atoms with Gasteiger partial charge < -0.3 is 9.88 Å². The average molecular weight is 414 g/mol. The van der Waals surface area contributed by atoms with Crippen LogP contribution in [0, 0.1) is 20.8 Å². The van der Waals surface area contributed by atoms with E-state index in [-0.39, 0.29) is 17.5 Å². The van der Waals surface area contributed by atoms with Gasteiger partial charge in [0.15, 0.2) is 9.84 Å². The van der Waals surface area contributed by atoms with E-state index in [1.54, 1.807) is 0 Å². The highest BCUT2D eigenvalue weighted by Gasteiger charge is 2.27. The Bertz CT molecular complexity index is 1130. The molecule has 0 bridgehead atoms. The lowest BCUT2D eigenvalue weighted by Gasteiger charge is -2.13. The summed E-state index contributed by atoms with van der Waals surface area (Å²) in [6.07, 6.45) is 4.39. The number of para-hydroxylation sites is 1. The summed E-state index contributed by atoms with van der Waals surface area (Å²) >= 11 is 0. The monoisotopic (exact) mass is 413 g/mol. The van der Waals surface area contributed by atoms with Gasteiger partial charge in [-0.25, -0.2) is 18.1 Å². The Balaban J connectivity index is 1.55. The van der Waals surface area contributed by atoms with E-state index in [9.17, 15) is 8.42 Å². The van der Waals surface area contributed by atoms with E-state index in [4.69, 9.17) is 5.10 Å². The number of aryl methyl sites for hydroxylation is 2. The van der Waals surface area contributed by atoms with Crippen molar-refractivity contribution >= 4 is 9.84 Å². The Kier molecular flexibility index (Phi) is 5.31. The smallest absolute Gasteiger partial charge is 0.151 e. The molecule has 1 fully saturated rings. The Morgan fingerprint density at radius 1 is 1.21 bits per heavy atom. The lowest BCUT2D eigenvalue weighted by atomic mass is 10.1. The van der Waals surface area contributed by atoms with Crippen molar-refractivity contribution in [2.45, 2.75) is 39.8 Å². The summed E-state index contributed by atoms with van der Waals surface area (Å²) in [5.74, 6) is 0.530. The molecule has 1 aliphatic heterocycles. The van der Waals surface area contributed by atoms with Gasteiger partial charge in [0.1, 0.15) is 0 Å². The van der Waals surface area contributed by atoms with Crippen LogP contribution in [0.4, 0.5) is 0 Å². The molecule has 3 aromatic rings. The zero-order valence-corrected chi connectivity index (χ0v) is 17.9. The van der Waals surface area contributed by atoms with Crippen LogP contribution in [-0.4, -0.2) is 51.8 Å². The van der Waals surface area contributed by atoms with Crippen molar-refractivity contribution in [3.63, 3.8) is 0 Å². The number of sulfone groups is 1. The van der Waals surface area contributed by atoms with Gasteiger partial charge >= 0.3 is 0 Å². The van der Waals surface area contributed by atoms with E-state index in [0.717, 1.165) is 34.9 Å². The van der Waals surface area contributed by atoms with Gasteiger partial charge in [-0.05, 0) is 38.8 Å². The van der Waals surface area contributed by atoms with E-state index in [1.165, 1.54) is 5.56 Å². The van der Waals surface area contributed by atoms with Crippen molar-refractivity contribution in [3.8, 4) is 16.9 Å². The molecular formula is C21H27N5O2S. The molecule has 0 amide bonds. The molecule has 4 rings (SSSR count). The third kappa shape index (κ3) is 4.00. The van der Waals surface area contributed by atoms with Crippen molar-refractivity contribution in [2.75, 3.05) is 18.1 Å². The fraction of sp³-hybridized carbons (Fsp3) is 0.429. The van der Waals surface area contributed by atoms with Gasteiger partial charge in [0, 0.05) is 24.7 Å². The van der Waals surface area contributed by atoms with E-state index in [2.05, 4.69) is 40.8 Å². The minimum Gasteiger partial charge on any atom is -0.329 e. The molecular weight excluding hydrogens is 386 g/mol. The number of benzene rings is 1. The number of imidazole rings is 1. The lowest BCUT2D eigenvalue weighted by molar-refractivity contribution is 0.521. The molecule has 1 saturated heterocycles. The van der Waals surface area contributed by atoms with Crippen LogP contribution in [-0.2, 0) is 16.4 Å². The second-order valence-corrected chi connectivity index (χ2v) is 10.00. The van der Waals surface area contributed by atoms with Crippen molar-refractivity contribution < 1.29 is 8.42 Å². The maximum absolute atomic E-state index is 11.6. The standard InChI is InChI=1S/C21H27N5O2S/c1-15-6-4-5-7-19(15)26-17(3)21(16(2)24-26)20-12-22-14-25(20)10-9-23-18-8-11-29(27,28)13-18/h4-7,12,14,18,23H,8-11,13H2,1-3H3/t18-/m0/s1. The first-order valence-corrected chi connectivity index (χ1v) is 11.7. The van der Waals surface area contributed by atoms with Crippen LogP contribution in [0.1, 0.15) is 23.4 Å². The normalized spacial score (nSPS) is 18.4. The first kappa shape index (κ1) is 19.8. The molecule has 1 atom stereocenters. The molecule has 0 unspecified atom stereocenters. The predicted octanol–water partition coefficient (Wildman–Crippen LogP) is 2.44. The van der Waals surface area contributed by atoms with Gasteiger partial charge in [-0.15, -0.1) is 0 Å². The van der Waals surface area contributed by atoms with Crippen LogP contribution in [0.2, 0.25) is 0 Å². The molecule has 2 aromatic heterocycles. The fourth-order valence-electron chi connectivity index (χ4n) is 4.10. The topological polar surface area (TPSA) is 81.8 Å². The molecule has 3 heterocycles. The Morgan fingerprint density at radius 2 is 2.00 bits per heavy atom. The Morgan fingerprint density at radius 3 is 2.72 bits per heavy atom. The van der Waals surface area contributed by atoms with Gasteiger partial charge in [0.05, 0.1) is 46.8 Å². The molecule has 1 N–H and O–H groups in total. The molecule has 29 heavy (non-hydrogen) atoms. The summed E-state index contributed by atoms with van der Waals surface area (Å²) in [6, 6.07) is 8.28. The molecule has 0 aliphatic carbocycles. The number of hydrogen-bond acceptors (Lipinski definition) is 5. The lowest BCUT2D eigenvalue weighted by Crippen LogP contribution is -2.32. The third-order valence-electron chi connectivity index (χ3n) is 5.62. The molecule has 8 heteroatoms. The zero-order valence-electron chi connectivity index (χ0n) is 17.1. The number of hydrogen-bond donors (Lipinski definition) is 1. The molecule has 0 radical (unpaired) electrons.